The third-order valence-electron chi connectivity index (χ3n) is 2.17. The molecule has 0 bridgehead atoms. The van der Waals surface area contributed by atoms with Crippen molar-refractivity contribution in [2.75, 3.05) is 5.32 Å². The number of nitro benzene ring substituents is 1. The average Bonchev–Trinajstić information content (AvgIpc) is 2.16. The normalized spacial score (nSPS) is 12.6. The Kier molecular flexibility index (Phi) is 3.76. The quantitative estimate of drug-likeness (QED) is 0.639. The topological polar surface area (TPSA) is 55.2 Å². The maximum Gasteiger partial charge on any atom is 0.272 e. The van der Waals surface area contributed by atoms with E-state index in [1.54, 1.807) is 6.92 Å². The Bertz CT molecular complexity index is 396. The number of halogens is 2. The number of aryl methyl sites for hydroxylation is 1. The van der Waals surface area contributed by atoms with Crippen LogP contribution in [0.1, 0.15) is 12.5 Å². The van der Waals surface area contributed by atoms with Gasteiger partial charge in [0.25, 0.3) is 12.1 Å². The third-order valence-corrected chi connectivity index (χ3v) is 2.17. The number of nitro groups is 1. The molecule has 4 nitrogen and oxygen atoms in total. The zero-order valence-corrected chi connectivity index (χ0v) is 8.91. The molecule has 1 unspecified atom stereocenters. The second-order valence-corrected chi connectivity index (χ2v) is 3.53. The summed E-state index contributed by atoms with van der Waals surface area (Å²) >= 11 is 0. The van der Waals surface area contributed by atoms with Crippen LogP contribution in [0.4, 0.5) is 20.2 Å². The van der Waals surface area contributed by atoms with Crippen LogP contribution < -0.4 is 5.32 Å². The van der Waals surface area contributed by atoms with Crippen molar-refractivity contribution in [3.05, 3.63) is 33.9 Å². The van der Waals surface area contributed by atoms with Gasteiger partial charge in [0, 0.05) is 17.3 Å². The summed E-state index contributed by atoms with van der Waals surface area (Å²) in [6.07, 6.45) is -2.48. The molecule has 0 aliphatic rings. The SMILES string of the molecule is Cc1cc(NC(C)C(F)F)ccc1[N+](=O)[O-]. The van der Waals surface area contributed by atoms with E-state index in [-0.39, 0.29) is 5.69 Å². The molecule has 1 aromatic carbocycles. The lowest BCUT2D eigenvalue weighted by molar-refractivity contribution is -0.385. The van der Waals surface area contributed by atoms with Gasteiger partial charge in [-0.1, -0.05) is 0 Å². The van der Waals surface area contributed by atoms with Gasteiger partial charge in [-0.05, 0) is 26.0 Å². The number of nitrogens with zero attached hydrogens (tertiary/aromatic N) is 1. The predicted molar refractivity (Wildman–Crippen MR) is 56.9 cm³/mol. The second kappa shape index (κ2) is 4.87. The van der Waals surface area contributed by atoms with Gasteiger partial charge < -0.3 is 5.32 Å². The molecule has 0 saturated carbocycles. The lowest BCUT2D eigenvalue weighted by Crippen LogP contribution is -2.23. The monoisotopic (exact) mass is 230 g/mol. The van der Waals surface area contributed by atoms with Crippen molar-refractivity contribution in [1.82, 2.24) is 0 Å². The molecule has 6 heteroatoms. The highest BCUT2D eigenvalue weighted by molar-refractivity contribution is 5.53. The fraction of sp³-hybridized carbons (Fsp3) is 0.400. The molecule has 0 amide bonds. The molecule has 1 aromatic rings. The van der Waals surface area contributed by atoms with E-state index in [1.807, 2.05) is 0 Å². The fourth-order valence-electron chi connectivity index (χ4n) is 1.28. The smallest absolute Gasteiger partial charge is 0.272 e. The Morgan fingerprint density at radius 3 is 2.50 bits per heavy atom. The zero-order chi connectivity index (χ0) is 12.3. The number of anilines is 1. The maximum atomic E-state index is 12.3. The summed E-state index contributed by atoms with van der Waals surface area (Å²) in [5.74, 6) is 0. The standard InChI is InChI=1S/C10H12F2N2O2/c1-6-5-8(13-7(2)10(11)12)3-4-9(6)14(15)16/h3-5,7,10,13H,1-2H3. The average molecular weight is 230 g/mol. The van der Waals surface area contributed by atoms with Crippen LogP contribution >= 0.6 is 0 Å². The van der Waals surface area contributed by atoms with Gasteiger partial charge in [0.1, 0.15) is 0 Å². The van der Waals surface area contributed by atoms with Crippen molar-refractivity contribution in [2.45, 2.75) is 26.3 Å². The molecule has 0 heterocycles. The predicted octanol–water partition coefficient (Wildman–Crippen LogP) is 2.97. The molecule has 0 radical (unpaired) electrons. The first-order chi connectivity index (χ1) is 7.41. The molecule has 0 aromatic heterocycles. The molecule has 1 N–H and O–H groups in total. The first-order valence-electron chi connectivity index (χ1n) is 4.71. The van der Waals surface area contributed by atoms with Crippen molar-refractivity contribution < 1.29 is 13.7 Å². The minimum atomic E-state index is -2.48. The lowest BCUT2D eigenvalue weighted by Gasteiger charge is -2.14. The Hall–Kier alpha value is -1.72. The summed E-state index contributed by atoms with van der Waals surface area (Å²) < 4.78 is 24.5. The summed E-state index contributed by atoms with van der Waals surface area (Å²) in [6, 6.07) is 3.22. The van der Waals surface area contributed by atoms with E-state index in [0.29, 0.717) is 11.3 Å². The van der Waals surface area contributed by atoms with Gasteiger partial charge in [0.15, 0.2) is 0 Å². The summed E-state index contributed by atoms with van der Waals surface area (Å²) in [6.45, 7) is 2.91. The molecular weight excluding hydrogens is 218 g/mol. The molecule has 1 rings (SSSR count). The van der Waals surface area contributed by atoms with Gasteiger partial charge in [0.05, 0.1) is 11.0 Å². The van der Waals surface area contributed by atoms with E-state index < -0.39 is 17.4 Å². The minimum Gasteiger partial charge on any atom is -0.377 e. The van der Waals surface area contributed by atoms with E-state index in [9.17, 15) is 18.9 Å². The van der Waals surface area contributed by atoms with Crippen LogP contribution in [-0.4, -0.2) is 17.4 Å². The van der Waals surface area contributed by atoms with Gasteiger partial charge in [-0.25, -0.2) is 8.78 Å². The van der Waals surface area contributed by atoms with Crippen molar-refractivity contribution in [1.29, 1.82) is 0 Å². The van der Waals surface area contributed by atoms with Gasteiger partial charge in [-0.2, -0.15) is 0 Å². The van der Waals surface area contributed by atoms with E-state index >= 15 is 0 Å². The Morgan fingerprint density at radius 2 is 2.06 bits per heavy atom. The first kappa shape index (κ1) is 12.4. The highest BCUT2D eigenvalue weighted by Crippen LogP contribution is 2.22. The zero-order valence-electron chi connectivity index (χ0n) is 8.91. The highest BCUT2D eigenvalue weighted by Gasteiger charge is 2.15. The van der Waals surface area contributed by atoms with Crippen molar-refractivity contribution in [3.63, 3.8) is 0 Å². The van der Waals surface area contributed by atoms with Gasteiger partial charge in [-0.15, -0.1) is 0 Å². The molecule has 0 saturated heterocycles. The molecule has 16 heavy (non-hydrogen) atoms. The van der Waals surface area contributed by atoms with Crippen LogP contribution in [0.5, 0.6) is 0 Å². The largest absolute Gasteiger partial charge is 0.377 e. The van der Waals surface area contributed by atoms with Crippen LogP contribution in [0.2, 0.25) is 0 Å². The molecule has 0 fully saturated rings. The van der Waals surface area contributed by atoms with Crippen LogP contribution in [-0.2, 0) is 0 Å². The van der Waals surface area contributed by atoms with Crippen LogP contribution in [0.15, 0.2) is 18.2 Å². The molecule has 0 aliphatic carbocycles. The molecular formula is C10H12F2N2O2. The van der Waals surface area contributed by atoms with Crippen LogP contribution in [0.3, 0.4) is 0 Å². The van der Waals surface area contributed by atoms with Gasteiger partial charge in [0.2, 0.25) is 0 Å². The van der Waals surface area contributed by atoms with Crippen molar-refractivity contribution >= 4 is 11.4 Å². The molecule has 88 valence electrons. The maximum absolute atomic E-state index is 12.3. The van der Waals surface area contributed by atoms with E-state index in [1.165, 1.54) is 25.1 Å². The number of hydrogen-bond donors (Lipinski definition) is 1. The molecule has 0 aliphatic heterocycles. The lowest BCUT2D eigenvalue weighted by atomic mass is 10.1. The number of nitrogens with one attached hydrogen (secondary N) is 1. The summed E-state index contributed by atoms with van der Waals surface area (Å²) in [7, 11) is 0. The van der Waals surface area contributed by atoms with E-state index in [4.69, 9.17) is 0 Å². The van der Waals surface area contributed by atoms with Crippen molar-refractivity contribution in [3.8, 4) is 0 Å². The van der Waals surface area contributed by atoms with Crippen LogP contribution in [0.25, 0.3) is 0 Å². The number of benzene rings is 1. The minimum absolute atomic E-state index is 0.0183. The Balaban J connectivity index is 2.85. The van der Waals surface area contributed by atoms with Crippen molar-refractivity contribution in [2.24, 2.45) is 0 Å². The second-order valence-electron chi connectivity index (χ2n) is 3.53. The van der Waals surface area contributed by atoms with Gasteiger partial charge in [-0.3, -0.25) is 10.1 Å². The highest BCUT2D eigenvalue weighted by atomic mass is 19.3. The van der Waals surface area contributed by atoms with E-state index in [0.717, 1.165) is 0 Å². The third kappa shape index (κ3) is 2.88. The number of hydrogen-bond acceptors (Lipinski definition) is 3. The Morgan fingerprint density at radius 1 is 1.44 bits per heavy atom. The summed E-state index contributed by atoms with van der Waals surface area (Å²) in [4.78, 5) is 10.0. The summed E-state index contributed by atoms with van der Waals surface area (Å²) in [5, 5.41) is 13.1. The number of rotatable bonds is 4. The fourth-order valence-corrected chi connectivity index (χ4v) is 1.28. The summed E-state index contributed by atoms with van der Waals surface area (Å²) in [5.41, 5.74) is 0.877. The van der Waals surface area contributed by atoms with Crippen LogP contribution in [0, 0.1) is 17.0 Å². The van der Waals surface area contributed by atoms with E-state index in [2.05, 4.69) is 5.32 Å². The molecule has 1 atom stereocenters. The molecule has 0 spiro atoms. The Labute approximate surface area is 91.4 Å². The van der Waals surface area contributed by atoms with Gasteiger partial charge >= 0.3 is 0 Å². The first-order valence-corrected chi connectivity index (χ1v) is 4.71. The number of alkyl halides is 2.